The Labute approximate surface area is 215 Å². The zero-order valence-corrected chi connectivity index (χ0v) is 21.8. The molecule has 0 aromatic heterocycles. The number of aryl methyl sites for hydroxylation is 1. The van der Waals surface area contributed by atoms with Crippen LogP contribution < -0.4 is 33.0 Å². The number of nitrogens with two attached hydrogens (primary N) is 2. The van der Waals surface area contributed by atoms with Gasteiger partial charge in [0.1, 0.15) is 17.7 Å². The second kappa shape index (κ2) is 14.9. The number of alkyl carbamates (subject to hydrolysis) is 1. The van der Waals surface area contributed by atoms with Crippen LogP contribution in [-0.2, 0) is 29.7 Å². The van der Waals surface area contributed by atoms with Crippen molar-refractivity contribution >= 4 is 41.5 Å². The van der Waals surface area contributed by atoms with Crippen LogP contribution in [0.25, 0.3) is 0 Å². The quantitative estimate of drug-likeness (QED) is 0.118. The molecule has 1 aromatic carbocycles. The summed E-state index contributed by atoms with van der Waals surface area (Å²) < 4.78 is 5.13. The second-order valence-electron chi connectivity index (χ2n) is 9.05. The zero-order chi connectivity index (χ0) is 27.3. The normalized spacial score (nSPS) is 12.6. The number of primary amides is 1. The number of hydrazine groups is 1. The van der Waals surface area contributed by atoms with Gasteiger partial charge >= 0.3 is 6.09 Å². The molecule has 12 nitrogen and oxygen atoms in total. The van der Waals surface area contributed by atoms with Crippen molar-refractivity contribution in [1.82, 2.24) is 21.4 Å². The SMILES string of the molecule is Cc1ccc(CSC[C@H](NC(=O)CNC(=O)[C@H](CCC(N)=O)NC(=O)OC(C)(C)C)C(=O)NN)cc1. The Morgan fingerprint density at radius 3 is 2.19 bits per heavy atom. The summed E-state index contributed by atoms with van der Waals surface area (Å²) in [7, 11) is 0. The standard InChI is InChI=1S/C23H36N6O6S/c1-14-5-7-15(8-6-14)12-36-13-17(21(33)29-25)27-19(31)11-26-20(32)16(9-10-18(24)30)28-22(34)35-23(2,3)4/h5-8,16-17H,9-13,25H2,1-4H3,(H2,24,30)(H,26,32)(H,27,31)(H,28,34)(H,29,33)/t16-,17-/m0/s1. The highest BCUT2D eigenvalue weighted by Gasteiger charge is 2.26. The molecule has 0 fully saturated rings. The summed E-state index contributed by atoms with van der Waals surface area (Å²) in [5.41, 5.74) is 8.56. The maximum atomic E-state index is 12.6. The minimum atomic E-state index is -1.16. The van der Waals surface area contributed by atoms with Gasteiger partial charge in [-0.1, -0.05) is 29.8 Å². The Bertz CT molecular complexity index is 919. The van der Waals surface area contributed by atoms with Crippen LogP contribution in [0.1, 0.15) is 44.7 Å². The van der Waals surface area contributed by atoms with Crippen LogP contribution in [0.3, 0.4) is 0 Å². The van der Waals surface area contributed by atoms with Crippen molar-refractivity contribution in [2.75, 3.05) is 12.3 Å². The van der Waals surface area contributed by atoms with E-state index in [0.717, 1.165) is 11.1 Å². The van der Waals surface area contributed by atoms with Crippen molar-refractivity contribution in [2.24, 2.45) is 11.6 Å². The Hall–Kier alpha value is -3.32. The van der Waals surface area contributed by atoms with E-state index in [0.29, 0.717) is 5.75 Å². The Kier molecular flexibility index (Phi) is 12.7. The van der Waals surface area contributed by atoms with E-state index in [-0.39, 0.29) is 18.6 Å². The second-order valence-corrected chi connectivity index (χ2v) is 10.1. The number of ether oxygens (including phenoxy) is 1. The molecule has 0 spiro atoms. The predicted molar refractivity (Wildman–Crippen MR) is 136 cm³/mol. The molecule has 200 valence electrons. The molecule has 0 saturated carbocycles. The lowest BCUT2D eigenvalue weighted by Gasteiger charge is -2.23. The van der Waals surface area contributed by atoms with E-state index in [9.17, 15) is 24.0 Å². The summed E-state index contributed by atoms with van der Waals surface area (Å²) in [6.07, 6.45) is -1.12. The fraction of sp³-hybridized carbons (Fsp3) is 0.522. The highest BCUT2D eigenvalue weighted by Crippen LogP contribution is 2.14. The first-order valence-electron chi connectivity index (χ1n) is 11.3. The Morgan fingerprint density at radius 2 is 1.64 bits per heavy atom. The minimum absolute atomic E-state index is 0.0874. The van der Waals surface area contributed by atoms with E-state index < -0.39 is 54.0 Å². The number of rotatable bonds is 13. The summed E-state index contributed by atoms with van der Waals surface area (Å²) in [4.78, 5) is 60.3. The number of amides is 5. The van der Waals surface area contributed by atoms with Crippen molar-refractivity contribution in [1.29, 1.82) is 0 Å². The number of thioether (sulfide) groups is 1. The van der Waals surface area contributed by atoms with Gasteiger partial charge in [0, 0.05) is 17.9 Å². The number of carbonyl (C=O) groups is 5. The summed E-state index contributed by atoms with van der Waals surface area (Å²) in [5.74, 6) is 3.51. The van der Waals surface area contributed by atoms with Gasteiger partial charge in [0.15, 0.2) is 0 Å². The molecule has 0 radical (unpaired) electrons. The van der Waals surface area contributed by atoms with Gasteiger partial charge in [-0.05, 0) is 39.7 Å². The first kappa shape index (κ1) is 30.7. The molecule has 13 heteroatoms. The van der Waals surface area contributed by atoms with Crippen molar-refractivity contribution in [3.8, 4) is 0 Å². The van der Waals surface area contributed by atoms with Crippen LogP contribution in [0.2, 0.25) is 0 Å². The zero-order valence-electron chi connectivity index (χ0n) is 21.0. The molecule has 0 unspecified atom stereocenters. The van der Waals surface area contributed by atoms with E-state index in [1.54, 1.807) is 20.8 Å². The molecule has 0 aliphatic rings. The van der Waals surface area contributed by atoms with E-state index in [2.05, 4.69) is 16.0 Å². The van der Waals surface area contributed by atoms with Crippen molar-refractivity contribution in [3.05, 3.63) is 35.4 Å². The maximum Gasteiger partial charge on any atom is 0.408 e. The van der Waals surface area contributed by atoms with Crippen LogP contribution in [0.5, 0.6) is 0 Å². The highest BCUT2D eigenvalue weighted by atomic mass is 32.2. The van der Waals surface area contributed by atoms with Gasteiger partial charge in [0.2, 0.25) is 17.7 Å². The molecule has 36 heavy (non-hydrogen) atoms. The van der Waals surface area contributed by atoms with Crippen molar-refractivity contribution in [3.63, 3.8) is 0 Å². The topological polar surface area (TPSA) is 195 Å². The summed E-state index contributed by atoms with van der Waals surface area (Å²) in [5, 5.41) is 7.28. The molecule has 5 amide bonds. The van der Waals surface area contributed by atoms with E-state index in [4.69, 9.17) is 16.3 Å². The number of benzene rings is 1. The third kappa shape index (κ3) is 13.0. The van der Waals surface area contributed by atoms with Crippen molar-refractivity contribution in [2.45, 2.75) is 64.0 Å². The molecule has 1 rings (SSSR count). The summed E-state index contributed by atoms with van der Waals surface area (Å²) in [6.45, 7) is 6.48. The van der Waals surface area contributed by atoms with Crippen LogP contribution in [0.15, 0.2) is 24.3 Å². The lowest BCUT2D eigenvalue weighted by molar-refractivity contribution is -0.130. The number of hydrogen-bond acceptors (Lipinski definition) is 8. The minimum Gasteiger partial charge on any atom is -0.444 e. The van der Waals surface area contributed by atoms with Crippen LogP contribution in [0.4, 0.5) is 4.79 Å². The van der Waals surface area contributed by atoms with Gasteiger partial charge < -0.3 is 26.4 Å². The van der Waals surface area contributed by atoms with Gasteiger partial charge in [0.25, 0.3) is 5.91 Å². The average Bonchev–Trinajstić information content (AvgIpc) is 2.78. The molecular weight excluding hydrogens is 488 g/mol. The number of nitrogens with one attached hydrogen (secondary N) is 4. The first-order valence-corrected chi connectivity index (χ1v) is 12.4. The highest BCUT2D eigenvalue weighted by molar-refractivity contribution is 7.98. The fourth-order valence-electron chi connectivity index (χ4n) is 2.80. The first-order chi connectivity index (χ1) is 16.8. The third-order valence-corrected chi connectivity index (χ3v) is 5.68. The van der Waals surface area contributed by atoms with E-state index in [1.165, 1.54) is 11.8 Å². The third-order valence-electron chi connectivity index (χ3n) is 4.58. The van der Waals surface area contributed by atoms with Crippen LogP contribution >= 0.6 is 11.8 Å². The van der Waals surface area contributed by atoms with Gasteiger partial charge in [-0.25, -0.2) is 10.6 Å². The molecular formula is C23H36N6O6S. The molecule has 0 aliphatic carbocycles. The molecule has 0 saturated heterocycles. The molecule has 8 N–H and O–H groups in total. The van der Waals surface area contributed by atoms with E-state index in [1.807, 2.05) is 36.6 Å². The van der Waals surface area contributed by atoms with Gasteiger partial charge in [-0.3, -0.25) is 24.6 Å². The monoisotopic (exact) mass is 524 g/mol. The summed E-state index contributed by atoms with van der Waals surface area (Å²) in [6, 6.07) is 5.84. The van der Waals surface area contributed by atoms with Crippen LogP contribution in [-0.4, -0.2) is 59.7 Å². The van der Waals surface area contributed by atoms with Crippen LogP contribution in [0, 0.1) is 6.92 Å². The Morgan fingerprint density at radius 1 is 1.00 bits per heavy atom. The maximum absolute atomic E-state index is 12.6. The molecule has 0 aliphatic heterocycles. The molecule has 1 aromatic rings. The smallest absolute Gasteiger partial charge is 0.408 e. The Balaban J connectivity index is 2.65. The fourth-order valence-corrected chi connectivity index (χ4v) is 3.82. The lowest BCUT2D eigenvalue weighted by Crippen LogP contribution is -2.54. The number of carbonyl (C=O) groups excluding carboxylic acids is 5. The predicted octanol–water partition coefficient (Wildman–Crippen LogP) is -0.0221. The van der Waals surface area contributed by atoms with Gasteiger partial charge in [-0.15, -0.1) is 0 Å². The number of hydrogen-bond donors (Lipinski definition) is 6. The molecule has 2 atom stereocenters. The van der Waals surface area contributed by atoms with Crippen molar-refractivity contribution < 1.29 is 28.7 Å². The van der Waals surface area contributed by atoms with Gasteiger partial charge in [0.05, 0.1) is 6.54 Å². The van der Waals surface area contributed by atoms with E-state index >= 15 is 0 Å². The average molecular weight is 525 g/mol. The summed E-state index contributed by atoms with van der Waals surface area (Å²) >= 11 is 1.43. The molecule has 0 bridgehead atoms. The lowest BCUT2D eigenvalue weighted by atomic mass is 10.1. The van der Waals surface area contributed by atoms with Gasteiger partial charge in [-0.2, -0.15) is 11.8 Å². The largest absolute Gasteiger partial charge is 0.444 e. The molecule has 0 heterocycles.